The van der Waals surface area contributed by atoms with Gasteiger partial charge in [0.25, 0.3) is 0 Å². The second kappa shape index (κ2) is 8.52. The molecule has 1 aromatic rings. The Kier molecular flexibility index (Phi) is 6.68. The van der Waals surface area contributed by atoms with Crippen LogP contribution in [0, 0.1) is 5.92 Å². The molecule has 0 amide bonds. The average molecular weight is 291 g/mol. The largest absolute Gasteiger partial charge is 0.396 e. The maximum absolute atomic E-state index is 9.77. The Morgan fingerprint density at radius 3 is 2.62 bits per heavy atom. The van der Waals surface area contributed by atoms with Crippen LogP contribution in [0.1, 0.15) is 50.6 Å². The molecule has 0 aromatic heterocycles. The van der Waals surface area contributed by atoms with Crippen molar-refractivity contribution < 1.29 is 10.2 Å². The lowest BCUT2D eigenvalue weighted by molar-refractivity contribution is 0.0331. The van der Waals surface area contributed by atoms with Crippen LogP contribution in [-0.2, 0) is 0 Å². The van der Waals surface area contributed by atoms with E-state index >= 15 is 0 Å². The molecule has 21 heavy (non-hydrogen) atoms. The van der Waals surface area contributed by atoms with Gasteiger partial charge in [-0.05, 0) is 50.6 Å². The van der Waals surface area contributed by atoms with Gasteiger partial charge in [0.2, 0.25) is 0 Å². The van der Waals surface area contributed by atoms with Gasteiger partial charge in [-0.3, -0.25) is 4.90 Å². The molecule has 0 bridgehead atoms. The highest BCUT2D eigenvalue weighted by atomic mass is 16.3. The van der Waals surface area contributed by atoms with Crippen LogP contribution in [0.25, 0.3) is 0 Å². The van der Waals surface area contributed by atoms with Crippen LogP contribution in [-0.4, -0.2) is 40.9 Å². The minimum absolute atomic E-state index is 0.220. The molecule has 1 fully saturated rings. The normalized spacial score (nSPS) is 22.9. The van der Waals surface area contributed by atoms with Gasteiger partial charge in [0, 0.05) is 25.3 Å². The van der Waals surface area contributed by atoms with Crippen molar-refractivity contribution in [2.45, 2.75) is 51.1 Å². The van der Waals surface area contributed by atoms with Crippen LogP contribution in [0.15, 0.2) is 30.3 Å². The Labute approximate surface area is 128 Å². The van der Waals surface area contributed by atoms with Crippen molar-refractivity contribution in [2.24, 2.45) is 5.92 Å². The van der Waals surface area contributed by atoms with Crippen LogP contribution < -0.4 is 0 Å². The summed E-state index contributed by atoms with van der Waals surface area (Å²) in [6.45, 7) is 3.82. The van der Waals surface area contributed by atoms with Crippen molar-refractivity contribution in [3.05, 3.63) is 35.9 Å². The van der Waals surface area contributed by atoms with Crippen LogP contribution in [0.2, 0.25) is 0 Å². The molecule has 1 aromatic carbocycles. The predicted molar refractivity (Wildman–Crippen MR) is 86.1 cm³/mol. The van der Waals surface area contributed by atoms with E-state index in [0.717, 1.165) is 25.8 Å². The standard InChI is InChI=1S/C18H29NO2/c1-15(16-8-3-2-4-9-16)19-12-6-5-11-18(19)17(14-21)10-7-13-20/h2-4,8-9,15,17-18,20-21H,5-7,10-14H2,1H3/t15-,17+,18-/m1/s1. The van der Waals surface area contributed by atoms with Gasteiger partial charge in [-0.1, -0.05) is 36.8 Å². The van der Waals surface area contributed by atoms with Gasteiger partial charge < -0.3 is 10.2 Å². The first-order valence-electron chi connectivity index (χ1n) is 8.30. The molecule has 1 heterocycles. The van der Waals surface area contributed by atoms with E-state index in [2.05, 4.69) is 42.2 Å². The Balaban J connectivity index is 2.10. The summed E-state index contributed by atoms with van der Waals surface area (Å²) in [7, 11) is 0. The SMILES string of the molecule is C[C@H](c1ccccc1)N1CCCC[C@@H]1[C@H](CO)CCCO. The highest BCUT2D eigenvalue weighted by Gasteiger charge is 2.32. The molecule has 2 N–H and O–H groups in total. The highest BCUT2D eigenvalue weighted by molar-refractivity contribution is 5.18. The van der Waals surface area contributed by atoms with Crippen molar-refractivity contribution in [2.75, 3.05) is 19.8 Å². The molecule has 1 aliphatic heterocycles. The van der Waals surface area contributed by atoms with Crippen molar-refractivity contribution in [1.82, 2.24) is 4.90 Å². The van der Waals surface area contributed by atoms with Crippen LogP contribution in [0.3, 0.4) is 0 Å². The van der Waals surface area contributed by atoms with Crippen LogP contribution in [0.4, 0.5) is 0 Å². The maximum atomic E-state index is 9.77. The summed E-state index contributed by atoms with van der Waals surface area (Å²) >= 11 is 0. The number of aliphatic hydroxyl groups is 2. The number of rotatable bonds is 7. The Bertz CT molecular complexity index is 395. The van der Waals surface area contributed by atoms with E-state index in [1.165, 1.54) is 18.4 Å². The van der Waals surface area contributed by atoms with Crippen molar-refractivity contribution >= 4 is 0 Å². The molecule has 0 aliphatic carbocycles. The van der Waals surface area contributed by atoms with Gasteiger partial charge in [0.1, 0.15) is 0 Å². The lowest BCUT2D eigenvalue weighted by Gasteiger charge is -2.43. The van der Waals surface area contributed by atoms with Crippen molar-refractivity contribution in [3.63, 3.8) is 0 Å². The molecule has 0 unspecified atom stereocenters. The molecule has 3 heteroatoms. The number of likely N-dealkylation sites (tertiary alicyclic amines) is 1. The molecule has 3 nitrogen and oxygen atoms in total. The summed E-state index contributed by atoms with van der Waals surface area (Å²) in [5.41, 5.74) is 1.35. The third-order valence-electron chi connectivity index (χ3n) is 4.88. The summed E-state index contributed by atoms with van der Waals surface area (Å²) < 4.78 is 0. The fourth-order valence-electron chi connectivity index (χ4n) is 3.65. The summed E-state index contributed by atoms with van der Waals surface area (Å²) in [5.74, 6) is 0.281. The number of aliphatic hydroxyl groups excluding tert-OH is 2. The van der Waals surface area contributed by atoms with E-state index in [1.807, 2.05) is 0 Å². The average Bonchev–Trinajstić information content (AvgIpc) is 2.56. The highest BCUT2D eigenvalue weighted by Crippen LogP contribution is 2.33. The minimum Gasteiger partial charge on any atom is -0.396 e. The lowest BCUT2D eigenvalue weighted by atomic mass is 9.86. The number of hydrogen-bond acceptors (Lipinski definition) is 3. The number of benzene rings is 1. The van der Waals surface area contributed by atoms with Crippen molar-refractivity contribution in [1.29, 1.82) is 0 Å². The summed E-state index contributed by atoms with van der Waals surface area (Å²) in [6.07, 6.45) is 5.35. The third-order valence-corrected chi connectivity index (χ3v) is 4.88. The van der Waals surface area contributed by atoms with Gasteiger partial charge in [-0.25, -0.2) is 0 Å². The lowest BCUT2D eigenvalue weighted by Crippen LogP contribution is -2.46. The predicted octanol–water partition coefficient (Wildman–Crippen LogP) is 2.98. The number of hydrogen-bond donors (Lipinski definition) is 2. The molecule has 0 spiro atoms. The van der Waals surface area contributed by atoms with Gasteiger partial charge in [-0.2, -0.15) is 0 Å². The molecular formula is C18H29NO2. The second-order valence-electron chi connectivity index (χ2n) is 6.20. The van der Waals surface area contributed by atoms with E-state index in [0.29, 0.717) is 12.1 Å². The smallest absolute Gasteiger partial charge is 0.0474 e. The maximum Gasteiger partial charge on any atom is 0.0474 e. The monoisotopic (exact) mass is 291 g/mol. The topological polar surface area (TPSA) is 43.7 Å². The zero-order chi connectivity index (χ0) is 15.1. The van der Waals surface area contributed by atoms with E-state index in [9.17, 15) is 5.11 Å². The van der Waals surface area contributed by atoms with Gasteiger partial charge in [-0.15, -0.1) is 0 Å². The first-order valence-corrected chi connectivity index (χ1v) is 8.30. The van der Waals surface area contributed by atoms with Crippen molar-refractivity contribution in [3.8, 4) is 0 Å². The summed E-state index contributed by atoms with van der Waals surface area (Å²) in [6, 6.07) is 11.5. The first kappa shape index (κ1) is 16.5. The first-order chi connectivity index (χ1) is 10.3. The van der Waals surface area contributed by atoms with E-state index in [-0.39, 0.29) is 19.1 Å². The quantitative estimate of drug-likeness (QED) is 0.811. The number of nitrogens with zero attached hydrogens (tertiary/aromatic N) is 1. The molecule has 0 radical (unpaired) electrons. The molecule has 3 atom stereocenters. The molecule has 1 aliphatic rings. The summed E-state index contributed by atoms with van der Waals surface area (Å²) in [5, 5.41) is 18.8. The molecule has 1 saturated heterocycles. The van der Waals surface area contributed by atoms with E-state index < -0.39 is 0 Å². The zero-order valence-corrected chi connectivity index (χ0v) is 13.1. The zero-order valence-electron chi connectivity index (χ0n) is 13.1. The Morgan fingerprint density at radius 2 is 1.95 bits per heavy atom. The molecule has 2 rings (SSSR count). The fourth-order valence-corrected chi connectivity index (χ4v) is 3.65. The van der Waals surface area contributed by atoms with E-state index in [4.69, 9.17) is 5.11 Å². The Morgan fingerprint density at radius 1 is 1.19 bits per heavy atom. The van der Waals surface area contributed by atoms with Crippen LogP contribution in [0.5, 0.6) is 0 Å². The van der Waals surface area contributed by atoms with Gasteiger partial charge in [0.05, 0.1) is 0 Å². The fraction of sp³-hybridized carbons (Fsp3) is 0.667. The molecular weight excluding hydrogens is 262 g/mol. The van der Waals surface area contributed by atoms with Gasteiger partial charge in [0.15, 0.2) is 0 Å². The minimum atomic E-state index is 0.220. The Hall–Kier alpha value is -0.900. The third kappa shape index (κ3) is 4.29. The van der Waals surface area contributed by atoms with Crippen LogP contribution >= 0.6 is 0 Å². The van der Waals surface area contributed by atoms with E-state index in [1.54, 1.807) is 0 Å². The molecule has 0 saturated carbocycles. The second-order valence-corrected chi connectivity index (χ2v) is 6.20. The number of piperidine rings is 1. The molecule has 118 valence electrons. The summed E-state index contributed by atoms with van der Waals surface area (Å²) in [4.78, 5) is 2.57. The van der Waals surface area contributed by atoms with Gasteiger partial charge >= 0.3 is 0 Å².